The molecule has 0 aliphatic carbocycles. The van der Waals surface area contributed by atoms with Crippen molar-refractivity contribution in [1.29, 1.82) is 0 Å². The maximum absolute atomic E-state index is 13.5. The molecule has 0 saturated carbocycles. The lowest BCUT2D eigenvalue weighted by molar-refractivity contribution is 0.543. The summed E-state index contributed by atoms with van der Waals surface area (Å²) in [6, 6.07) is 9.61. The van der Waals surface area contributed by atoms with Crippen molar-refractivity contribution in [1.82, 2.24) is 4.72 Å². The Morgan fingerprint density at radius 2 is 1.68 bits per heavy atom. The van der Waals surface area contributed by atoms with E-state index in [0.717, 1.165) is 23.4 Å². The summed E-state index contributed by atoms with van der Waals surface area (Å²) in [6.45, 7) is 0.0207. The molecule has 7 heteroatoms. The predicted octanol–water partition coefficient (Wildman–Crippen LogP) is 2.51. The van der Waals surface area contributed by atoms with Gasteiger partial charge in [0.25, 0.3) is 0 Å². The van der Waals surface area contributed by atoms with Gasteiger partial charge in [-0.25, -0.2) is 21.9 Å². The van der Waals surface area contributed by atoms with Crippen LogP contribution in [0, 0.1) is 11.6 Å². The van der Waals surface area contributed by atoms with Crippen LogP contribution in [0.4, 0.5) is 14.5 Å². The molecule has 0 radical (unpaired) electrons. The molecule has 0 spiro atoms. The van der Waals surface area contributed by atoms with Gasteiger partial charge in [-0.15, -0.1) is 0 Å². The Balaban J connectivity index is 2.12. The zero-order valence-corrected chi connectivity index (χ0v) is 13.0. The highest BCUT2D eigenvalue weighted by Crippen LogP contribution is 2.16. The van der Waals surface area contributed by atoms with Gasteiger partial charge in [0.15, 0.2) is 0 Å². The first-order valence-electron chi connectivity index (χ1n) is 6.50. The average Bonchev–Trinajstić information content (AvgIpc) is 2.45. The highest BCUT2D eigenvalue weighted by molar-refractivity contribution is 7.89. The molecule has 2 aromatic carbocycles. The number of nitrogens with zero attached hydrogens (tertiary/aromatic N) is 1. The van der Waals surface area contributed by atoms with Crippen molar-refractivity contribution in [2.75, 3.05) is 19.0 Å². The molecule has 1 N–H and O–H groups in total. The molecule has 0 aliphatic rings. The predicted molar refractivity (Wildman–Crippen MR) is 81.2 cm³/mol. The second-order valence-electron chi connectivity index (χ2n) is 4.96. The van der Waals surface area contributed by atoms with E-state index in [-0.39, 0.29) is 6.54 Å². The van der Waals surface area contributed by atoms with Crippen LogP contribution in [-0.2, 0) is 16.6 Å². The van der Waals surface area contributed by atoms with E-state index in [1.807, 2.05) is 31.1 Å². The molecule has 118 valence electrons. The summed E-state index contributed by atoms with van der Waals surface area (Å²) in [7, 11) is -0.239. The Hall–Kier alpha value is -1.99. The molecule has 0 atom stereocenters. The molecule has 0 saturated heterocycles. The fourth-order valence-electron chi connectivity index (χ4n) is 1.86. The van der Waals surface area contributed by atoms with E-state index in [2.05, 4.69) is 4.72 Å². The van der Waals surface area contributed by atoms with Gasteiger partial charge in [-0.1, -0.05) is 12.1 Å². The first-order chi connectivity index (χ1) is 10.3. The highest BCUT2D eigenvalue weighted by atomic mass is 32.2. The number of hydrogen-bond donors (Lipinski definition) is 1. The minimum atomic E-state index is -4.03. The van der Waals surface area contributed by atoms with Crippen LogP contribution in [0.25, 0.3) is 0 Å². The van der Waals surface area contributed by atoms with Crippen molar-refractivity contribution >= 4 is 15.7 Å². The van der Waals surface area contributed by atoms with E-state index >= 15 is 0 Å². The standard InChI is InChI=1S/C15H16F2N2O2S/c1-19(2)13-6-3-11(4-7-13)10-18-22(20,21)15-8-5-12(16)9-14(15)17/h3-9,18H,10H2,1-2H3. The minimum Gasteiger partial charge on any atom is -0.378 e. The monoisotopic (exact) mass is 326 g/mol. The SMILES string of the molecule is CN(C)c1ccc(CNS(=O)(=O)c2ccc(F)cc2F)cc1. The van der Waals surface area contributed by atoms with Crippen LogP contribution in [0.15, 0.2) is 47.4 Å². The fourth-order valence-corrected chi connectivity index (χ4v) is 2.94. The number of rotatable bonds is 5. The minimum absolute atomic E-state index is 0.0207. The molecule has 2 aromatic rings. The molecule has 2 rings (SSSR count). The molecule has 0 unspecified atom stereocenters. The quantitative estimate of drug-likeness (QED) is 0.918. The summed E-state index contributed by atoms with van der Waals surface area (Å²) < 4.78 is 52.7. The Labute approximate surface area is 128 Å². The second kappa shape index (κ2) is 6.41. The summed E-state index contributed by atoms with van der Waals surface area (Å²) in [6.07, 6.45) is 0. The van der Waals surface area contributed by atoms with Crippen LogP contribution in [0.1, 0.15) is 5.56 Å². The third-order valence-electron chi connectivity index (χ3n) is 3.10. The number of hydrogen-bond acceptors (Lipinski definition) is 3. The summed E-state index contributed by atoms with van der Waals surface area (Å²) in [5.74, 6) is -1.94. The number of benzene rings is 2. The van der Waals surface area contributed by atoms with Gasteiger partial charge in [0.2, 0.25) is 10.0 Å². The van der Waals surface area contributed by atoms with Crippen molar-refractivity contribution in [3.8, 4) is 0 Å². The van der Waals surface area contributed by atoms with E-state index in [1.165, 1.54) is 0 Å². The maximum Gasteiger partial charge on any atom is 0.243 e. The normalized spacial score (nSPS) is 11.5. The van der Waals surface area contributed by atoms with E-state index in [9.17, 15) is 17.2 Å². The number of anilines is 1. The molecule has 0 amide bonds. The van der Waals surface area contributed by atoms with E-state index in [1.54, 1.807) is 12.1 Å². The van der Waals surface area contributed by atoms with Crippen molar-refractivity contribution in [2.45, 2.75) is 11.4 Å². The third kappa shape index (κ3) is 3.80. The van der Waals surface area contributed by atoms with E-state index in [4.69, 9.17) is 0 Å². The Morgan fingerprint density at radius 1 is 1.05 bits per heavy atom. The zero-order chi connectivity index (χ0) is 16.3. The Morgan fingerprint density at radius 3 is 2.23 bits per heavy atom. The lowest BCUT2D eigenvalue weighted by atomic mass is 10.2. The summed E-state index contributed by atoms with van der Waals surface area (Å²) >= 11 is 0. The first-order valence-corrected chi connectivity index (χ1v) is 7.99. The third-order valence-corrected chi connectivity index (χ3v) is 4.54. The van der Waals surface area contributed by atoms with Crippen molar-refractivity contribution in [2.24, 2.45) is 0 Å². The molecule has 4 nitrogen and oxygen atoms in total. The van der Waals surface area contributed by atoms with Crippen LogP contribution in [-0.4, -0.2) is 22.5 Å². The Kier molecular flexibility index (Phi) is 4.77. The molecular formula is C15H16F2N2O2S. The maximum atomic E-state index is 13.5. The van der Waals surface area contributed by atoms with E-state index < -0.39 is 26.6 Å². The van der Waals surface area contributed by atoms with Gasteiger partial charge in [0.1, 0.15) is 16.5 Å². The fraction of sp³-hybridized carbons (Fsp3) is 0.200. The molecule has 22 heavy (non-hydrogen) atoms. The van der Waals surface area contributed by atoms with Crippen LogP contribution >= 0.6 is 0 Å². The average molecular weight is 326 g/mol. The topological polar surface area (TPSA) is 49.4 Å². The van der Waals surface area contributed by atoms with Gasteiger partial charge < -0.3 is 4.90 Å². The van der Waals surface area contributed by atoms with Gasteiger partial charge in [0.05, 0.1) is 0 Å². The molecule has 0 aliphatic heterocycles. The first kappa shape index (κ1) is 16.4. The van der Waals surface area contributed by atoms with Gasteiger partial charge in [0, 0.05) is 32.4 Å². The van der Waals surface area contributed by atoms with Crippen molar-refractivity contribution < 1.29 is 17.2 Å². The smallest absolute Gasteiger partial charge is 0.243 e. The number of halogens is 2. The lowest BCUT2D eigenvalue weighted by Crippen LogP contribution is -2.24. The second-order valence-corrected chi connectivity index (χ2v) is 6.70. The molecule has 0 fully saturated rings. The van der Waals surface area contributed by atoms with Crippen LogP contribution in [0.2, 0.25) is 0 Å². The van der Waals surface area contributed by atoms with Crippen molar-refractivity contribution in [3.63, 3.8) is 0 Å². The lowest BCUT2D eigenvalue weighted by Gasteiger charge is -2.13. The van der Waals surface area contributed by atoms with Gasteiger partial charge >= 0.3 is 0 Å². The molecule has 0 heterocycles. The van der Waals surface area contributed by atoms with Gasteiger partial charge in [-0.3, -0.25) is 0 Å². The van der Waals surface area contributed by atoms with Gasteiger partial charge in [-0.05, 0) is 29.8 Å². The summed E-state index contributed by atoms with van der Waals surface area (Å²) in [5.41, 5.74) is 1.72. The van der Waals surface area contributed by atoms with Gasteiger partial charge in [-0.2, -0.15) is 0 Å². The van der Waals surface area contributed by atoms with Crippen LogP contribution < -0.4 is 9.62 Å². The Bertz CT molecular complexity index is 760. The van der Waals surface area contributed by atoms with Crippen LogP contribution in [0.5, 0.6) is 0 Å². The zero-order valence-electron chi connectivity index (χ0n) is 12.2. The van der Waals surface area contributed by atoms with Crippen LogP contribution in [0.3, 0.4) is 0 Å². The molecule has 0 bridgehead atoms. The highest BCUT2D eigenvalue weighted by Gasteiger charge is 2.19. The molecule has 0 aromatic heterocycles. The largest absolute Gasteiger partial charge is 0.378 e. The summed E-state index contributed by atoms with van der Waals surface area (Å²) in [4.78, 5) is 1.35. The van der Waals surface area contributed by atoms with E-state index in [0.29, 0.717) is 6.07 Å². The summed E-state index contributed by atoms with van der Waals surface area (Å²) in [5, 5.41) is 0. The number of nitrogens with one attached hydrogen (secondary N) is 1. The molecular weight excluding hydrogens is 310 g/mol. The van der Waals surface area contributed by atoms with Crippen molar-refractivity contribution in [3.05, 3.63) is 59.7 Å². The number of sulfonamides is 1.